The molecule has 194 valence electrons. The number of carbonyl (C=O) groups is 3. The molecule has 0 radical (unpaired) electrons. The maximum Gasteiger partial charge on any atom is 0.261 e. The summed E-state index contributed by atoms with van der Waals surface area (Å²) in [6, 6.07) is 16.3. The lowest BCUT2D eigenvalue weighted by Gasteiger charge is -2.32. The molecule has 1 aliphatic heterocycles. The van der Waals surface area contributed by atoms with Crippen molar-refractivity contribution in [3.05, 3.63) is 81.5 Å². The number of nitrogens with one attached hydrogen (secondary N) is 2. The molecule has 3 aromatic rings. The molecule has 1 fully saturated rings. The maximum absolute atomic E-state index is 13.7. The van der Waals surface area contributed by atoms with Crippen molar-refractivity contribution in [3.63, 3.8) is 0 Å². The molecule has 2 N–H and O–H groups in total. The molecule has 8 nitrogen and oxygen atoms in total. The molecule has 2 heterocycles. The number of methoxy groups -OCH3 is 1. The van der Waals surface area contributed by atoms with Crippen LogP contribution in [-0.2, 0) is 14.3 Å². The van der Waals surface area contributed by atoms with E-state index in [4.69, 9.17) is 21.1 Å². The zero-order chi connectivity index (χ0) is 26.2. The molecule has 0 spiro atoms. The average Bonchev–Trinajstić information content (AvgIpc) is 3.64. The fraction of sp³-hybridized carbons (Fsp3) is 0.296. The number of halogens is 1. The fourth-order valence-electron chi connectivity index (χ4n) is 4.15. The number of hydrogen-bond donors (Lipinski definition) is 2. The number of anilines is 1. The van der Waals surface area contributed by atoms with E-state index in [9.17, 15) is 14.4 Å². The van der Waals surface area contributed by atoms with Gasteiger partial charge >= 0.3 is 0 Å². The van der Waals surface area contributed by atoms with Gasteiger partial charge in [-0.1, -0.05) is 48.0 Å². The van der Waals surface area contributed by atoms with Crippen molar-refractivity contribution in [1.82, 2.24) is 10.6 Å². The zero-order valence-corrected chi connectivity index (χ0v) is 21.9. The number of hydrogen-bond acceptors (Lipinski definition) is 6. The van der Waals surface area contributed by atoms with Crippen LogP contribution in [0.2, 0.25) is 5.02 Å². The van der Waals surface area contributed by atoms with Gasteiger partial charge in [-0.05, 0) is 48.1 Å². The smallest absolute Gasteiger partial charge is 0.261 e. The third-order valence-electron chi connectivity index (χ3n) is 5.98. The maximum atomic E-state index is 13.7. The predicted molar refractivity (Wildman–Crippen MR) is 143 cm³/mol. The van der Waals surface area contributed by atoms with Crippen molar-refractivity contribution < 1.29 is 23.9 Å². The Hall–Kier alpha value is -3.40. The highest BCUT2D eigenvalue weighted by molar-refractivity contribution is 7.12. The number of rotatable bonds is 10. The van der Waals surface area contributed by atoms with Crippen LogP contribution in [0.25, 0.3) is 0 Å². The minimum Gasteiger partial charge on any atom is -0.495 e. The SMILES string of the molecule is COc1ccc(N(C(=O)CNC(=O)c2cccs2)[C@H](C(=O)NC[C@@H]2CCCO2)c2ccccc2)cc1Cl. The van der Waals surface area contributed by atoms with Gasteiger partial charge in [0, 0.05) is 18.8 Å². The topological polar surface area (TPSA) is 97.0 Å². The summed E-state index contributed by atoms with van der Waals surface area (Å²) in [6.45, 7) is 0.687. The molecule has 1 aliphatic rings. The molecule has 0 aliphatic carbocycles. The van der Waals surface area contributed by atoms with Gasteiger partial charge in [0.15, 0.2) is 0 Å². The number of thiophene rings is 1. The van der Waals surface area contributed by atoms with Gasteiger partial charge in [0.2, 0.25) is 11.8 Å². The van der Waals surface area contributed by atoms with Gasteiger partial charge in [0.1, 0.15) is 11.8 Å². The standard InChI is InChI=1S/C27H28ClN3O5S/c1-35-22-12-11-19(15-21(22)28)31(24(32)17-30-26(33)23-10-6-14-37-23)25(18-7-3-2-4-8-18)27(34)29-16-20-9-5-13-36-20/h2-4,6-8,10-12,14-15,20,25H,5,9,13,16-17H2,1H3,(H,29,34)(H,30,33)/t20-,25-/m0/s1. The Morgan fingerprint density at radius 1 is 1.14 bits per heavy atom. The first-order valence-electron chi connectivity index (χ1n) is 11.9. The van der Waals surface area contributed by atoms with Gasteiger partial charge in [-0.15, -0.1) is 11.3 Å². The normalized spacial score (nSPS) is 15.6. The summed E-state index contributed by atoms with van der Waals surface area (Å²) in [7, 11) is 1.50. The van der Waals surface area contributed by atoms with Crippen molar-refractivity contribution >= 4 is 46.3 Å². The minimum absolute atomic E-state index is 0.0648. The lowest BCUT2D eigenvalue weighted by molar-refractivity contribution is -0.126. The Labute approximate surface area is 224 Å². The summed E-state index contributed by atoms with van der Waals surface area (Å²) in [4.78, 5) is 41.7. The van der Waals surface area contributed by atoms with E-state index in [1.54, 1.807) is 60.0 Å². The molecule has 2 aromatic carbocycles. The van der Waals surface area contributed by atoms with Crippen LogP contribution in [0.1, 0.15) is 34.1 Å². The molecule has 0 unspecified atom stereocenters. The third kappa shape index (κ3) is 6.68. The van der Waals surface area contributed by atoms with Crippen molar-refractivity contribution in [2.75, 3.05) is 31.7 Å². The average molecular weight is 542 g/mol. The van der Waals surface area contributed by atoms with Crippen LogP contribution in [0, 0.1) is 0 Å². The Morgan fingerprint density at radius 2 is 1.95 bits per heavy atom. The Balaban J connectivity index is 1.66. The van der Waals surface area contributed by atoms with E-state index in [1.165, 1.54) is 23.3 Å². The Kier molecular flexibility index (Phi) is 9.16. The van der Waals surface area contributed by atoms with Gasteiger partial charge in [0.25, 0.3) is 5.91 Å². The second kappa shape index (κ2) is 12.7. The second-order valence-electron chi connectivity index (χ2n) is 8.44. The monoisotopic (exact) mass is 541 g/mol. The molecule has 4 rings (SSSR count). The van der Waals surface area contributed by atoms with Crippen molar-refractivity contribution in [1.29, 1.82) is 0 Å². The van der Waals surface area contributed by atoms with Crippen LogP contribution in [0.15, 0.2) is 66.0 Å². The molecule has 37 heavy (non-hydrogen) atoms. The number of nitrogens with zero attached hydrogens (tertiary/aromatic N) is 1. The highest BCUT2D eigenvalue weighted by Crippen LogP contribution is 2.34. The van der Waals surface area contributed by atoms with E-state index >= 15 is 0 Å². The quantitative estimate of drug-likeness (QED) is 0.401. The van der Waals surface area contributed by atoms with E-state index in [-0.39, 0.29) is 29.5 Å². The predicted octanol–water partition coefficient (Wildman–Crippen LogP) is 4.21. The van der Waals surface area contributed by atoms with Crippen molar-refractivity contribution in [2.45, 2.75) is 25.0 Å². The molecular weight excluding hydrogens is 514 g/mol. The van der Waals surface area contributed by atoms with E-state index in [2.05, 4.69) is 10.6 Å². The first-order chi connectivity index (χ1) is 18.0. The first-order valence-corrected chi connectivity index (χ1v) is 13.1. The van der Waals surface area contributed by atoms with Gasteiger partial charge in [0.05, 0.1) is 29.7 Å². The highest BCUT2D eigenvalue weighted by atomic mass is 35.5. The van der Waals surface area contributed by atoms with Crippen LogP contribution >= 0.6 is 22.9 Å². The van der Waals surface area contributed by atoms with Crippen LogP contribution in [0.3, 0.4) is 0 Å². The van der Waals surface area contributed by atoms with Gasteiger partial charge in [-0.3, -0.25) is 19.3 Å². The van der Waals surface area contributed by atoms with Crippen LogP contribution in [0.5, 0.6) is 5.75 Å². The van der Waals surface area contributed by atoms with Gasteiger partial charge < -0.3 is 20.1 Å². The van der Waals surface area contributed by atoms with E-state index in [1.807, 2.05) is 6.07 Å². The Bertz CT molecular complexity index is 1220. The van der Waals surface area contributed by atoms with Crippen molar-refractivity contribution in [3.8, 4) is 5.75 Å². The molecule has 10 heteroatoms. The number of carbonyl (C=O) groups excluding carboxylic acids is 3. The largest absolute Gasteiger partial charge is 0.495 e. The molecular formula is C27H28ClN3O5S. The molecule has 1 aromatic heterocycles. The minimum atomic E-state index is -1.02. The van der Waals surface area contributed by atoms with Crippen LogP contribution in [-0.4, -0.2) is 50.6 Å². The second-order valence-corrected chi connectivity index (χ2v) is 9.79. The lowest BCUT2D eigenvalue weighted by atomic mass is 10.0. The summed E-state index contributed by atoms with van der Waals surface area (Å²) in [6.07, 6.45) is 1.74. The fourth-order valence-corrected chi connectivity index (χ4v) is 5.04. The summed E-state index contributed by atoms with van der Waals surface area (Å²) in [5.41, 5.74) is 1.000. The molecule has 0 bridgehead atoms. The molecule has 3 amide bonds. The summed E-state index contributed by atoms with van der Waals surface area (Å²) in [5.74, 6) is -0.781. The third-order valence-corrected chi connectivity index (χ3v) is 7.14. The number of amides is 3. The lowest BCUT2D eigenvalue weighted by Crippen LogP contribution is -2.48. The van der Waals surface area contributed by atoms with Crippen molar-refractivity contribution in [2.24, 2.45) is 0 Å². The highest BCUT2D eigenvalue weighted by Gasteiger charge is 2.34. The van der Waals surface area contributed by atoms with Crippen LogP contribution in [0.4, 0.5) is 5.69 Å². The van der Waals surface area contributed by atoms with E-state index < -0.39 is 11.9 Å². The first kappa shape index (κ1) is 26.7. The zero-order valence-electron chi connectivity index (χ0n) is 20.3. The summed E-state index contributed by atoms with van der Waals surface area (Å²) < 4.78 is 10.9. The van der Waals surface area contributed by atoms with Gasteiger partial charge in [-0.2, -0.15) is 0 Å². The number of ether oxygens (including phenoxy) is 2. The van der Waals surface area contributed by atoms with E-state index in [0.717, 1.165) is 12.8 Å². The Morgan fingerprint density at radius 3 is 2.59 bits per heavy atom. The number of benzene rings is 2. The molecule has 2 atom stereocenters. The van der Waals surface area contributed by atoms with Gasteiger partial charge in [-0.25, -0.2) is 0 Å². The summed E-state index contributed by atoms with van der Waals surface area (Å²) in [5, 5.41) is 7.68. The van der Waals surface area contributed by atoms with Crippen LogP contribution < -0.4 is 20.3 Å². The van der Waals surface area contributed by atoms with E-state index in [0.29, 0.717) is 35.0 Å². The molecule has 0 saturated carbocycles. The molecule has 1 saturated heterocycles. The summed E-state index contributed by atoms with van der Waals surface area (Å²) >= 11 is 7.68.